The van der Waals surface area contributed by atoms with Crippen LogP contribution < -0.4 is 4.74 Å². The van der Waals surface area contributed by atoms with E-state index in [1.54, 1.807) is 30.3 Å². The quantitative estimate of drug-likeness (QED) is 0.489. The van der Waals surface area contributed by atoms with Crippen molar-refractivity contribution in [2.75, 3.05) is 19.8 Å². The van der Waals surface area contributed by atoms with Crippen molar-refractivity contribution in [1.29, 1.82) is 0 Å². The summed E-state index contributed by atoms with van der Waals surface area (Å²) in [6, 6.07) is 12.1. The lowest BCUT2D eigenvalue weighted by atomic mass is 9.83. The van der Waals surface area contributed by atoms with Crippen molar-refractivity contribution < 1.29 is 39.0 Å². The minimum absolute atomic E-state index is 0.0203. The van der Waals surface area contributed by atoms with E-state index in [0.717, 1.165) is 5.56 Å². The Morgan fingerprint density at radius 3 is 2.53 bits per heavy atom. The Hall–Kier alpha value is -1.78. The molecule has 4 rings (SSSR count). The number of aliphatic hydroxyl groups is 4. The summed E-state index contributed by atoms with van der Waals surface area (Å²) < 4.78 is 30.0. The van der Waals surface area contributed by atoms with E-state index in [1.165, 1.54) is 6.92 Å². The van der Waals surface area contributed by atoms with E-state index in [1.807, 2.05) is 12.1 Å². The van der Waals surface area contributed by atoms with E-state index in [4.69, 9.17) is 25.8 Å². The molecule has 2 aromatic carbocycles. The van der Waals surface area contributed by atoms with Gasteiger partial charge < -0.3 is 34.6 Å². The average molecular weight is 469 g/mol. The Kier molecular flexibility index (Phi) is 6.48. The van der Waals surface area contributed by atoms with E-state index in [9.17, 15) is 24.8 Å². The van der Waals surface area contributed by atoms with Crippen LogP contribution in [0.1, 0.15) is 23.6 Å². The monoisotopic (exact) mass is 468 g/mol. The molecule has 0 spiro atoms. The van der Waals surface area contributed by atoms with Crippen molar-refractivity contribution in [1.82, 2.24) is 0 Å². The highest BCUT2D eigenvalue weighted by Gasteiger charge is 2.67. The first-order chi connectivity index (χ1) is 15.2. The third-order valence-electron chi connectivity index (χ3n) is 5.97. The molecule has 174 valence electrons. The summed E-state index contributed by atoms with van der Waals surface area (Å²) in [7, 11) is 0. The van der Waals surface area contributed by atoms with E-state index < -0.39 is 42.5 Å². The molecule has 0 amide bonds. The van der Waals surface area contributed by atoms with Crippen LogP contribution in [0.3, 0.4) is 0 Å². The number of halogens is 2. The second kappa shape index (κ2) is 8.87. The Morgan fingerprint density at radius 1 is 1.16 bits per heavy atom. The molecule has 9 heteroatoms. The van der Waals surface area contributed by atoms with Crippen LogP contribution in [0.2, 0.25) is 5.02 Å². The van der Waals surface area contributed by atoms with E-state index >= 15 is 0 Å². The van der Waals surface area contributed by atoms with Crippen LogP contribution >= 0.6 is 11.6 Å². The molecule has 0 aliphatic carbocycles. The van der Waals surface area contributed by atoms with Gasteiger partial charge in [-0.2, -0.15) is 0 Å². The first-order valence-corrected chi connectivity index (χ1v) is 10.7. The molecule has 0 radical (unpaired) electrons. The maximum absolute atomic E-state index is 13.0. The molecular weight excluding hydrogens is 443 g/mol. The fraction of sp³-hybridized carbons (Fsp3) is 0.478. The molecule has 1 unspecified atom stereocenters. The lowest BCUT2D eigenvalue weighted by molar-refractivity contribution is -0.329. The van der Waals surface area contributed by atoms with Gasteiger partial charge >= 0.3 is 0 Å². The van der Waals surface area contributed by atoms with Crippen LogP contribution in [0.4, 0.5) is 4.39 Å². The van der Waals surface area contributed by atoms with Crippen molar-refractivity contribution in [3.05, 3.63) is 64.2 Å². The number of fused-ring (bicyclic) bond motifs is 2. The lowest BCUT2D eigenvalue weighted by Crippen LogP contribution is -2.65. The summed E-state index contributed by atoms with van der Waals surface area (Å²) in [4.78, 5) is 0. The highest BCUT2D eigenvalue weighted by Crippen LogP contribution is 2.49. The Balaban J connectivity index is 1.59. The van der Waals surface area contributed by atoms with Crippen LogP contribution in [0, 0.1) is 0 Å². The van der Waals surface area contributed by atoms with Crippen LogP contribution in [0.5, 0.6) is 5.75 Å². The van der Waals surface area contributed by atoms with Gasteiger partial charge in [-0.25, -0.2) is 4.39 Å². The van der Waals surface area contributed by atoms with Gasteiger partial charge in [0.15, 0.2) is 0 Å². The van der Waals surface area contributed by atoms with E-state index in [0.29, 0.717) is 28.3 Å². The van der Waals surface area contributed by atoms with Crippen molar-refractivity contribution >= 4 is 11.6 Å². The predicted molar refractivity (Wildman–Crippen MR) is 113 cm³/mol. The minimum atomic E-state index is -1.75. The van der Waals surface area contributed by atoms with Crippen molar-refractivity contribution in [3.8, 4) is 5.75 Å². The zero-order valence-corrected chi connectivity index (χ0v) is 18.2. The van der Waals surface area contributed by atoms with Gasteiger partial charge in [-0.1, -0.05) is 29.8 Å². The molecule has 2 aliphatic rings. The zero-order chi connectivity index (χ0) is 23.1. The van der Waals surface area contributed by atoms with Crippen LogP contribution in [0.25, 0.3) is 0 Å². The average Bonchev–Trinajstić information content (AvgIpc) is 3.17. The van der Waals surface area contributed by atoms with Gasteiger partial charge in [-0.15, -0.1) is 0 Å². The molecule has 6 atom stereocenters. The molecule has 2 saturated heterocycles. The molecule has 32 heavy (non-hydrogen) atoms. The molecule has 0 saturated carbocycles. The normalized spacial score (nSPS) is 32.7. The molecule has 2 bridgehead atoms. The number of aliphatic hydroxyl groups excluding tert-OH is 4. The second-order valence-corrected chi connectivity index (χ2v) is 8.79. The molecule has 2 aliphatic heterocycles. The SMILES string of the molecule is CC(F)COc1ccc(Cc2cc([C@@]34OC[C@@](CO)(O3)[C@@H](O)[C@H](O)[C@H]4O)ccc2Cl)cc1. The number of alkyl halides is 1. The molecule has 7 nitrogen and oxygen atoms in total. The molecule has 0 aromatic heterocycles. The summed E-state index contributed by atoms with van der Waals surface area (Å²) in [5.41, 5.74) is 0.499. The van der Waals surface area contributed by atoms with Crippen LogP contribution in [0.15, 0.2) is 42.5 Å². The van der Waals surface area contributed by atoms with Gasteiger partial charge in [0, 0.05) is 10.6 Å². The standard InChI is InChI=1S/C23H26ClFO7/c1-13(25)10-30-17-5-2-14(3-6-17)8-15-9-16(4-7-18(15)24)23-21(29)19(27)20(28)22(11-26,32-23)12-31-23/h2-7,9,13,19-21,26-29H,8,10-12H2,1H3/t13?,19-,20-,21+,22+,23+/m0/s1. The number of rotatable bonds is 7. The van der Waals surface area contributed by atoms with Crippen molar-refractivity contribution in [2.45, 2.75) is 49.2 Å². The smallest absolute Gasteiger partial charge is 0.225 e. The van der Waals surface area contributed by atoms with E-state index in [-0.39, 0.29) is 13.2 Å². The van der Waals surface area contributed by atoms with Gasteiger partial charge in [0.05, 0.1) is 13.2 Å². The summed E-state index contributed by atoms with van der Waals surface area (Å²) in [6.45, 7) is 0.618. The topological polar surface area (TPSA) is 109 Å². The summed E-state index contributed by atoms with van der Waals surface area (Å²) >= 11 is 6.40. The molecule has 2 heterocycles. The maximum atomic E-state index is 13.0. The fourth-order valence-corrected chi connectivity index (χ4v) is 4.32. The highest BCUT2D eigenvalue weighted by atomic mass is 35.5. The number of ether oxygens (including phenoxy) is 3. The lowest BCUT2D eigenvalue weighted by Gasteiger charge is -2.46. The molecule has 4 N–H and O–H groups in total. The van der Waals surface area contributed by atoms with Crippen molar-refractivity contribution in [3.63, 3.8) is 0 Å². The van der Waals surface area contributed by atoms with Gasteiger partial charge in [0.25, 0.3) is 0 Å². The third-order valence-corrected chi connectivity index (χ3v) is 6.34. The largest absolute Gasteiger partial charge is 0.491 e. The predicted octanol–water partition coefficient (Wildman–Crippen LogP) is 1.69. The highest BCUT2D eigenvalue weighted by molar-refractivity contribution is 6.31. The Labute approximate surface area is 189 Å². The van der Waals surface area contributed by atoms with Gasteiger partial charge in [0.2, 0.25) is 5.79 Å². The zero-order valence-electron chi connectivity index (χ0n) is 17.4. The summed E-state index contributed by atoms with van der Waals surface area (Å²) in [5.74, 6) is -1.19. The van der Waals surface area contributed by atoms with Crippen molar-refractivity contribution in [2.24, 2.45) is 0 Å². The summed E-state index contributed by atoms with van der Waals surface area (Å²) in [5, 5.41) is 41.6. The van der Waals surface area contributed by atoms with Gasteiger partial charge in [-0.3, -0.25) is 0 Å². The second-order valence-electron chi connectivity index (χ2n) is 8.38. The summed E-state index contributed by atoms with van der Waals surface area (Å²) in [6.07, 6.45) is -5.28. The van der Waals surface area contributed by atoms with Crippen LogP contribution in [-0.2, 0) is 21.7 Å². The first-order valence-electron chi connectivity index (χ1n) is 10.3. The maximum Gasteiger partial charge on any atom is 0.225 e. The van der Waals surface area contributed by atoms with Crippen LogP contribution in [-0.4, -0.2) is 70.3 Å². The first kappa shape index (κ1) is 23.4. The number of hydrogen-bond donors (Lipinski definition) is 4. The Morgan fingerprint density at radius 2 is 1.88 bits per heavy atom. The number of benzene rings is 2. The Bertz CT molecular complexity index is 956. The van der Waals surface area contributed by atoms with Gasteiger partial charge in [0.1, 0.15) is 42.4 Å². The molecule has 2 aromatic rings. The molecule has 2 fully saturated rings. The fourth-order valence-electron chi connectivity index (χ4n) is 4.14. The van der Waals surface area contributed by atoms with Gasteiger partial charge in [-0.05, 0) is 48.7 Å². The third kappa shape index (κ3) is 4.01. The van der Waals surface area contributed by atoms with E-state index in [2.05, 4.69) is 0 Å². The number of hydrogen-bond acceptors (Lipinski definition) is 7. The molecular formula is C23H26ClFO7. The minimum Gasteiger partial charge on any atom is -0.491 e.